The number of carbonyl (C=O) groups excluding carboxylic acids is 2. The highest BCUT2D eigenvalue weighted by atomic mass is 32.2. The number of amides is 1. The average molecular weight is 544 g/mol. The third kappa shape index (κ3) is 7.33. The van der Waals surface area contributed by atoms with Gasteiger partial charge in [0.2, 0.25) is 5.91 Å². The molecule has 0 heterocycles. The van der Waals surface area contributed by atoms with E-state index in [2.05, 4.69) is 96.3 Å². The molecule has 39 heavy (non-hydrogen) atoms. The van der Waals surface area contributed by atoms with Gasteiger partial charge >= 0.3 is 5.97 Å². The molecule has 2 atom stereocenters. The van der Waals surface area contributed by atoms with Crippen LogP contribution in [0.15, 0.2) is 91.0 Å². The third-order valence-corrected chi connectivity index (χ3v) is 9.47. The monoisotopic (exact) mass is 543 g/mol. The molecule has 0 bridgehead atoms. The largest absolute Gasteiger partial charge is 0.469 e. The number of thioether (sulfide) groups is 1. The molecule has 1 saturated carbocycles. The van der Waals surface area contributed by atoms with Gasteiger partial charge in [-0.3, -0.25) is 9.59 Å². The molecule has 0 spiro atoms. The van der Waals surface area contributed by atoms with Gasteiger partial charge in [0, 0.05) is 6.54 Å². The molecule has 0 radical (unpaired) electrons. The molecule has 0 aromatic heterocycles. The maximum Gasteiger partial charge on any atom is 0.309 e. The Hall–Kier alpha value is -3.05. The Labute approximate surface area is 237 Å². The van der Waals surface area contributed by atoms with Crippen molar-refractivity contribution in [1.82, 2.24) is 5.32 Å². The lowest BCUT2D eigenvalue weighted by Crippen LogP contribution is -2.40. The maximum atomic E-state index is 12.8. The Bertz CT molecular complexity index is 1060. The number of benzene rings is 3. The van der Waals surface area contributed by atoms with Crippen LogP contribution in [0.3, 0.4) is 0 Å². The number of rotatable bonds is 13. The molecule has 1 fully saturated rings. The predicted molar refractivity (Wildman–Crippen MR) is 161 cm³/mol. The molecule has 3 aromatic carbocycles. The van der Waals surface area contributed by atoms with Gasteiger partial charge in [-0.05, 0) is 48.1 Å². The van der Waals surface area contributed by atoms with Crippen molar-refractivity contribution in [2.24, 2.45) is 11.8 Å². The summed E-state index contributed by atoms with van der Waals surface area (Å²) in [5.41, 5.74) is 3.88. The van der Waals surface area contributed by atoms with Crippen LogP contribution in [0, 0.1) is 11.8 Å². The number of esters is 1. The molecule has 3 aromatic rings. The van der Waals surface area contributed by atoms with E-state index in [1.165, 1.54) is 23.8 Å². The third-order valence-electron chi connectivity index (χ3n) is 7.84. The molecular formula is C34H41NO3S. The highest BCUT2D eigenvalue weighted by Crippen LogP contribution is 2.48. The van der Waals surface area contributed by atoms with E-state index in [0.29, 0.717) is 6.54 Å². The van der Waals surface area contributed by atoms with E-state index in [1.54, 1.807) is 0 Å². The quantitative estimate of drug-likeness (QED) is 0.139. The van der Waals surface area contributed by atoms with Crippen molar-refractivity contribution in [3.05, 3.63) is 108 Å². The van der Waals surface area contributed by atoms with Crippen LogP contribution >= 0.6 is 11.8 Å². The first kappa shape index (κ1) is 28.9. The number of methoxy groups -OCH3 is 1. The summed E-state index contributed by atoms with van der Waals surface area (Å²) in [5, 5.41) is 3.09. The van der Waals surface area contributed by atoms with Crippen LogP contribution in [0.1, 0.15) is 68.1 Å². The number of carbonyl (C=O) groups is 2. The minimum Gasteiger partial charge on any atom is -0.469 e. The van der Waals surface area contributed by atoms with E-state index in [9.17, 15) is 9.59 Å². The molecule has 1 N–H and O–H groups in total. The zero-order chi connectivity index (χ0) is 27.3. The lowest BCUT2D eigenvalue weighted by atomic mass is 9.78. The van der Waals surface area contributed by atoms with Crippen LogP contribution < -0.4 is 5.32 Å². The maximum absolute atomic E-state index is 12.8. The summed E-state index contributed by atoms with van der Waals surface area (Å²) in [6.07, 6.45) is 7.76. The summed E-state index contributed by atoms with van der Waals surface area (Å²) in [6.45, 7) is 0.665. The SMILES string of the molecule is COC(=O)C1CCCCC1C(=O)NCCCCCCSC(c1ccccc1)(c1ccccc1)c1ccccc1. The number of unbranched alkanes of at least 4 members (excludes halogenated alkanes) is 3. The van der Waals surface area contributed by atoms with Crippen LogP contribution in [0.4, 0.5) is 0 Å². The molecule has 2 unspecified atom stereocenters. The second kappa shape index (κ2) is 14.9. The zero-order valence-corrected chi connectivity index (χ0v) is 23.8. The Morgan fingerprint density at radius 3 is 1.74 bits per heavy atom. The summed E-state index contributed by atoms with van der Waals surface area (Å²) in [4.78, 5) is 24.9. The van der Waals surface area contributed by atoms with E-state index in [1.807, 2.05) is 11.8 Å². The minimum atomic E-state index is -0.292. The topological polar surface area (TPSA) is 55.4 Å². The second-order valence-corrected chi connectivity index (χ2v) is 11.7. The molecule has 0 aliphatic heterocycles. The Morgan fingerprint density at radius 2 is 1.23 bits per heavy atom. The normalized spacial score (nSPS) is 17.4. The van der Waals surface area contributed by atoms with E-state index >= 15 is 0 Å². The standard InChI is InChI=1S/C34H41NO3S/c1-38-33(37)31-24-14-13-23-30(31)32(36)35-25-15-2-3-16-26-39-34(27-17-7-4-8-18-27,28-19-9-5-10-20-28)29-21-11-6-12-22-29/h4-12,17-22,30-31H,2-3,13-16,23-26H2,1H3,(H,35,36). The van der Waals surface area contributed by atoms with E-state index in [-0.39, 0.29) is 28.5 Å². The lowest BCUT2D eigenvalue weighted by molar-refractivity contribution is -0.152. The first-order chi connectivity index (χ1) is 19.2. The van der Waals surface area contributed by atoms with Gasteiger partial charge in [-0.1, -0.05) is 117 Å². The van der Waals surface area contributed by atoms with Gasteiger partial charge in [0.05, 0.1) is 23.7 Å². The fourth-order valence-corrected chi connectivity index (χ4v) is 7.36. The molecule has 5 heteroatoms. The number of ether oxygens (including phenoxy) is 1. The zero-order valence-electron chi connectivity index (χ0n) is 23.0. The van der Waals surface area contributed by atoms with Crippen molar-refractivity contribution in [2.75, 3.05) is 19.4 Å². The number of hydrogen-bond acceptors (Lipinski definition) is 4. The van der Waals surface area contributed by atoms with Crippen LogP contribution in [0.5, 0.6) is 0 Å². The number of hydrogen-bond donors (Lipinski definition) is 1. The van der Waals surface area contributed by atoms with Crippen molar-refractivity contribution >= 4 is 23.6 Å². The van der Waals surface area contributed by atoms with Crippen LogP contribution in [-0.2, 0) is 19.1 Å². The van der Waals surface area contributed by atoms with Crippen LogP contribution in [0.25, 0.3) is 0 Å². The highest BCUT2D eigenvalue weighted by Gasteiger charge is 2.37. The van der Waals surface area contributed by atoms with E-state index < -0.39 is 0 Å². The van der Waals surface area contributed by atoms with Crippen molar-refractivity contribution in [1.29, 1.82) is 0 Å². The molecule has 0 saturated heterocycles. The molecular weight excluding hydrogens is 502 g/mol. The minimum absolute atomic E-state index is 0.0130. The summed E-state index contributed by atoms with van der Waals surface area (Å²) in [6, 6.07) is 32.5. The highest BCUT2D eigenvalue weighted by molar-refractivity contribution is 8.00. The average Bonchev–Trinajstić information content (AvgIpc) is 3.01. The molecule has 1 aliphatic rings. The first-order valence-corrected chi connectivity index (χ1v) is 15.3. The van der Waals surface area contributed by atoms with Gasteiger partial charge in [0.1, 0.15) is 0 Å². The molecule has 206 valence electrons. The second-order valence-electron chi connectivity index (χ2n) is 10.4. The van der Waals surface area contributed by atoms with E-state index in [0.717, 1.165) is 57.1 Å². The van der Waals surface area contributed by atoms with Gasteiger partial charge in [-0.25, -0.2) is 0 Å². The smallest absolute Gasteiger partial charge is 0.309 e. The summed E-state index contributed by atoms with van der Waals surface area (Å²) < 4.78 is 4.67. The van der Waals surface area contributed by atoms with Crippen molar-refractivity contribution in [3.63, 3.8) is 0 Å². The fraction of sp³-hybridized carbons (Fsp3) is 0.412. The van der Waals surface area contributed by atoms with Gasteiger partial charge in [0.25, 0.3) is 0 Å². The van der Waals surface area contributed by atoms with Gasteiger partial charge in [-0.15, -0.1) is 11.8 Å². The fourth-order valence-electron chi connectivity index (χ4n) is 5.80. The summed E-state index contributed by atoms with van der Waals surface area (Å²) in [7, 11) is 1.41. The van der Waals surface area contributed by atoms with Crippen molar-refractivity contribution in [3.8, 4) is 0 Å². The van der Waals surface area contributed by atoms with Gasteiger partial charge < -0.3 is 10.1 Å². The molecule has 4 rings (SSSR count). The summed E-state index contributed by atoms with van der Waals surface area (Å²) in [5.74, 6) is 0.266. The molecule has 4 nitrogen and oxygen atoms in total. The first-order valence-electron chi connectivity index (χ1n) is 14.3. The Balaban J connectivity index is 1.31. The van der Waals surface area contributed by atoms with E-state index in [4.69, 9.17) is 4.74 Å². The van der Waals surface area contributed by atoms with Gasteiger partial charge in [0.15, 0.2) is 0 Å². The summed E-state index contributed by atoms with van der Waals surface area (Å²) >= 11 is 2.01. The lowest BCUT2D eigenvalue weighted by Gasteiger charge is -2.35. The molecule has 1 amide bonds. The predicted octanol–water partition coefficient (Wildman–Crippen LogP) is 7.37. The van der Waals surface area contributed by atoms with Crippen molar-refractivity contribution in [2.45, 2.75) is 56.1 Å². The van der Waals surface area contributed by atoms with Crippen molar-refractivity contribution < 1.29 is 14.3 Å². The Kier molecular flexibility index (Phi) is 11.1. The molecule has 1 aliphatic carbocycles. The van der Waals surface area contributed by atoms with Crippen LogP contribution in [-0.4, -0.2) is 31.3 Å². The van der Waals surface area contributed by atoms with Gasteiger partial charge in [-0.2, -0.15) is 0 Å². The Morgan fingerprint density at radius 1 is 0.744 bits per heavy atom. The number of nitrogens with one attached hydrogen (secondary N) is 1. The van der Waals surface area contributed by atoms with Crippen LogP contribution in [0.2, 0.25) is 0 Å².